The quantitative estimate of drug-likeness (QED) is 0.872. The van der Waals surface area contributed by atoms with Crippen molar-refractivity contribution in [1.29, 1.82) is 0 Å². The normalized spacial score (nSPS) is 18.3. The predicted molar refractivity (Wildman–Crippen MR) is 78.1 cm³/mol. The number of carbonyl (C=O) groups is 2. The Balaban J connectivity index is 1.77. The van der Waals surface area contributed by atoms with Gasteiger partial charge in [-0.3, -0.25) is 9.59 Å². The van der Waals surface area contributed by atoms with E-state index in [4.69, 9.17) is 9.84 Å². The summed E-state index contributed by atoms with van der Waals surface area (Å²) < 4.78 is 5.47. The number of rotatable bonds is 6. The summed E-state index contributed by atoms with van der Waals surface area (Å²) in [4.78, 5) is 24.5. The molecule has 1 fully saturated rings. The van der Waals surface area contributed by atoms with Gasteiger partial charge in [-0.2, -0.15) is 0 Å². The number of para-hydroxylation sites is 1. The van der Waals surface area contributed by atoms with Gasteiger partial charge in [0.2, 0.25) is 0 Å². The smallest absolute Gasteiger partial charge is 0.303 e. The lowest BCUT2D eigenvalue weighted by molar-refractivity contribution is -0.137. The number of ether oxygens (including phenoxy) is 1. The molecule has 1 amide bonds. The molecule has 1 N–H and O–H groups in total. The molecule has 0 radical (unpaired) electrons. The van der Waals surface area contributed by atoms with Crippen LogP contribution in [0.4, 0.5) is 0 Å². The molecule has 5 nitrogen and oxygen atoms in total. The number of carbonyl (C=O) groups excluding carboxylic acids is 1. The maximum atomic E-state index is 12.1. The third kappa shape index (κ3) is 5.10. The van der Waals surface area contributed by atoms with Crippen LogP contribution >= 0.6 is 0 Å². The topological polar surface area (TPSA) is 66.8 Å². The second-order valence-electron chi connectivity index (χ2n) is 5.38. The number of piperidine rings is 1. The molecule has 0 unspecified atom stereocenters. The molecule has 1 heterocycles. The van der Waals surface area contributed by atoms with Crippen molar-refractivity contribution in [3.63, 3.8) is 0 Å². The SMILES string of the molecule is O=C(O)CC[C@H]1CCCN(C(=O)COc2ccccc2)C1. The molecule has 1 aromatic rings. The van der Waals surface area contributed by atoms with Crippen LogP contribution in [-0.4, -0.2) is 41.6 Å². The van der Waals surface area contributed by atoms with E-state index in [1.165, 1.54) is 0 Å². The van der Waals surface area contributed by atoms with Crippen molar-refractivity contribution in [2.45, 2.75) is 25.7 Å². The average molecular weight is 291 g/mol. The largest absolute Gasteiger partial charge is 0.484 e. The molecule has 114 valence electrons. The fraction of sp³-hybridized carbons (Fsp3) is 0.500. The van der Waals surface area contributed by atoms with Gasteiger partial charge in [0.05, 0.1) is 0 Å². The summed E-state index contributed by atoms with van der Waals surface area (Å²) in [7, 11) is 0. The van der Waals surface area contributed by atoms with Gasteiger partial charge in [-0.25, -0.2) is 0 Å². The van der Waals surface area contributed by atoms with Crippen LogP contribution in [0.1, 0.15) is 25.7 Å². The minimum Gasteiger partial charge on any atom is -0.484 e. The van der Waals surface area contributed by atoms with Gasteiger partial charge in [0, 0.05) is 19.5 Å². The lowest BCUT2D eigenvalue weighted by Crippen LogP contribution is -2.42. The number of carboxylic acid groups (broad SMARTS) is 1. The molecule has 0 saturated carbocycles. The summed E-state index contributed by atoms with van der Waals surface area (Å²) in [6.45, 7) is 1.42. The molecule has 21 heavy (non-hydrogen) atoms. The zero-order chi connectivity index (χ0) is 15.1. The van der Waals surface area contributed by atoms with Gasteiger partial charge < -0.3 is 14.7 Å². The Labute approximate surface area is 124 Å². The van der Waals surface area contributed by atoms with Crippen LogP contribution in [0.5, 0.6) is 5.75 Å². The van der Waals surface area contributed by atoms with Crippen LogP contribution in [-0.2, 0) is 9.59 Å². The Kier molecular flexibility index (Phi) is 5.60. The molecular formula is C16H21NO4. The predicted octanol–water partition coefficient (Wildman–Crippen LogP) is 2.17. The minimum atomic E-state index is -0.772. The standard InChI is InChI=1S/C16H21NO4/c18-15(12-21-14-6-2-1-3-7-14)17-10-4-5-13(11-17)8-9-16(19)20/h1-3,6-7,13H,4-5,8-12H2,(H,19,20)/t13-/m1/s1. The highest BCUT2D eigenvalue weighted by atomic mass is 16.5. The highest BCUT2D eigenvalue weighted by molar-refractivity contribution is 5.77. The lowest BCUT2D eigenvalue weighted by Gasteiger charge is -2.32. The van der Waals surface area contributed by atoms with E-state index in [1.54, 1.807) is 4.90 Å². The number of amides is 1. The van der Waals surface area contributed by atoms with E-state index in [1.807, 2.05) is 30.3 Å². The van der Waals surface area contributed by atoms with Gasteiger partial charge in [0.25, 0.3) is 5.91 Å². The summed E-state index contributed by atoms with van der Waals surface area (Å²) in [5.74, 6) is 0.172. The highest BCUT2D eigenvalue weighted by Gasteiger charge is 2.24. The lowest BCUT2D eigenvalue weighted by atomic mass is 9.93. The molecule has 1 saturated heterocycles. The molecule has 0 aliphatic carbocycles. The molecule has 0 aromatic heterocycles. The number of benzene rings is 1. The van der Waals surface area contributed by atoms with Gasteiger partial charge in [-0.1, -0.05) is 18.2 Å². The Bertz CT molecular complexity index is 474. The molecule has 1 aliphatic heterocycles. The van der Waals surface area contributed by atoms with E-state index < -0.39 is 5.97 Å². The third-order valence-electron chi connectivity index (χ3n) is 3.74. The molecule has 1 aromatic carbocycles. The van der Waals surface area contributed by atoms with Crippen LogP contribution in [0.2, 0.25) is 0 Å². The Morgan fingerprint density at radius 1 is 1.29 bits per heavy atom. The molecule has 0 bridgehead atoms. The molecule has 1 aliphatic rings. The molecular weight excluding hydrogens is 270 g/mol. The van der Waals surface area contributed by atoms with Gasteiger partial charge in [-0.05, 0) is 37.3 Å². The van der Waals surface area contributed by atoms with Crippen molar-refractivity contribution in [2.75, 3.05) is 19.7 Å². The van der Waals surface area contributed by atoms with E-state index in [9.17, 15) is 9.59 Å². The first-order valence-corrected chi connectivity index (χ1v) is 7.32. The van der Waals surface area contributed by atoms with Crippen molar-refractivity contribution in [3.05, 3.63) is 30.3 Å². The van der Waals surface area contributed by atoms with Crippen LogP contribution in [0.25, 0.3) is 0 Å². The number of hydrogen-bond acceptors (Lipinski definition) is 3. The first-order valence-electron chi connectivity index (χ1n) is 7.32. The second kappa shape index (κ2) is 7.67. The number of aliphatic carboxylic acids is 1. The maximum Gasteiger partial charge on any atom is 0.303 e. The van der Waals surface area contributed by atoms with Gasteiger partial charge in [0.1, 0.15) is 5.75 Å². The average Bonchev–Trinajstić information content (AvgIpc) is 2.52. The molecule has 1 atom stereocenters. The Hall–Kier alpha value is -2.04. The highest BCUT2D eigenvalue weighted by Crippen LogP contribution is 2.21. The Morgan fingerprint density at radius 3 is 2.76 bits per heavy atom. The molecule has 2 rings (SSSR count). The monoisotopic (exact) mass is 291 g/mol. The summed E-state index contributed by atoms with van der Waals surface area (Å²) in [6.07, 6.45) is 2.74. The molecule has 0 spiro atoms. The van der Waals surface area contributed by atoms with Crippen LogP contribution in [0, 0.1) is 5.92 Å². The Morgan fingerprint density at radius 2 is 2.05 bits per heavy atom. The van der Waals surface area contributed by atoms with E-state index >= 15 is 0 Å². The summed E-state index contributed by atoms with van der Waals surface area (Å²) in [5, 5.41) is 8.73. The summed E-state index contributed by atoms with van der Waals surface area (Å²) in [5.41, 5.74) is 0. The summed E-state index contributed by atoms with van der Waals surface area (Å²) in [6, 6.07) is 9.26. The summed E-state index contributed by atoms with van der Waals surface area (Å²) >= 11 is 0. The van der Waals surface area contributed by atoms with E-state index in [-0.39, 0.29) is 24.9 Å². The van der Waals surface area contributed by atoms with Crippen LogP contribution < -0.4 is 4.74 Å². The van der Waals surface area contributed by atoms with E-state index in [2.05, 4.69) is 0 Å². The number of likely N-dealkylation sites (tertiary alicyclic amines) is 1. The number of carboxylic acids is 1. The van der Waals surface area contributed by atoms with Crippen molar-refractivity contribution in [3.8, 4) is 5.75 Å². The third-order valence-corrected chi connectivity index (χ3v) is 3.74. The van der Waals surface area contributed by atoms with Crippen LogP contribution in [0.15, 0.2) is 30.3 Å². The van der Waals surface area contributed by atoms with Gasteiger partial charge >= 0.3 is 5.97 Å². The second-order valence-corrected chi connectivity index (χ2v) is 5.38. The zero-order valence-electron chi connectivity index (χ0n) is 12.0. The number of hydrogen-bond donors (Lipinski definition) is 1. The van der Waals surface area contributed by atoms with E-state index in [0.717, 1.165) is 19.4 Å². The fourth-order valence-corrected chi connectivity index (χ4v) is 2.61. The number of nitrogens with zero attached hydrogens (tertiary/aromatic N) is 1. The van der Waals surface area contributed by atoms with E-state index in [0.29, 0.717) is 18.7 Å². The van der Waals surface area contributed by atoms with Crippen molar-refractivity contribution < 1.29 is 19.4 Å². The van der Waals surface area contributed by atoms with Gasteiger partial charge in [-0.15, -0.1) is 0 Å². The van der Waals surface area contributed by atoms with Crippen molar-refractivity contribution in [2.24, 2.45) is 5.92 Å². The van der Waals surface area contributed by atoms with Crippen LogP contribution in [0.3, 0.4) is 0 Å². The minimum absolute atomic E-state index is 0.0288. The maximum absolute atomic E-state index is 12.1. The van der Waals surface area contributed by atoms with Crippen molar-refractivity contribution in [1.82, 2.24) is 4.90 Å². The van der Waals surface area contributed by atoms with Crippen molar-refractivity contribution >= 4 is 11.9 Å². The first-order chi connectivity index (χ1) is 10.1. The van der Waals surface area contributed by atoms with Gasteiger partial charge in [0.15, 0.2) is 6.61 Å². The fourth-order valence-electron chi connectivity index (χ4n) is 2.61. The molecule has 5 heteroatoms. The zero-order valence-corrected chi connectivity index (χ0v) is 12.0. The first kappa shape index (κ1) is 15.4.